The summed E-state index contributed by atoms with van der Waals surface area (Å²) in [7, 11) is 0. The molecule has 2 heteroatoms. The molecule has 0 aromatic carbocycles. The number of epoxide rings is 1. The molecule has 0 aromatic rings. The topological polar surface area (TPSA) is 32.8 Å². The van der Waals surface area contributed by atoms with Crippen LogP contribution in [0, 0.1) is 0 Å². The maximum atomic E-state index is 9.15. The van der Waals surface area contributed by atoms with Gasteiger partial charge in [-0.2, -0.15) is 0 Å². The number of ether oxygens (including phenoxy) is 1. The highest BCUT2D eigenvalue weighted by Crippen LogP contribution is 2.17. The quantitative estimate of drug-likeness (QED) is 0.590. The Bertz CT molecular complexity index is 89.3. The van der Waals surface area contributed by atoms with E-state index in [0.717, 1.165) is 32.3 Å². The van der Waals surface area contributed by atoms with Crippen molar-refractivity contribution < 1.29 is 9.84 Å². The van der Waals surface area contributed by atoms with Gasteiger partial charge >= 0.3 is 0 Å². The first-order valence-electron chi connectivity index (χ1n) is 4.12. The van der Waals surface area contributed by atoms with Crippen LogP contribution in [0.1, 0.15) is 32.6 Å². The lowest BCUT2D eigenvalue weighted by Crippen LogP contribution is -2.04. The Kier molecular flexibility index (Phi) is 3.16. The van der Waals surface area contributed by atoms with Crippen molar-refractivity contribution in [3.63, 3.8) is 0 Å². The van der Waals surface area contributed by atoms with Gasteiger partial charge in [0.15, 0.2) is 0 Å². The van der Waals surface area contributed by atoms with Crippen LogP contribution in [0.15, 0.2) is 0 Å². The fourth-order valence-corrected chi connectivity index (χ4v) is 1.02. The van der Waals surface area contributed by atoms with Crippen molar-refractivity contribution in [3.8, 4) is 0 Å². The maximum Gasteiger partial charge on any atom is 0.0810 e. The van der Waals surface area contributed by atoms with Gasteiger partial charge in [0.05, 0.1) is 18.8 Å². The van der Waals surface area contributed by atoms with Crippen LogP contribution in [0.3, 0.4) is 0 Å². The molecule has 1 rings (SSSR count). The lowest BCUT2D eigenvalue weighted by Gasteiger charge is -2.04. The standard InChI is InChI=1S/C8H16O2/c1-2-7(9)4-3-5-8-6-10-8/h7-9H,2-6H2,1H3. The molecule has 2 atom stereocenters. The number of rotatable bonds is 5. The molecule has 0 aromatic heterocycles. The Morgan fingerprint density at radius 1 is 1.70 bits per heavy atom. The third kappa shape index (κ3) is 3.18. The van der Waals surface area contributed by atoms with Crippen LogP contribution in [-0.2, 0) is 4.74 Å². The SMILES string of the molecule is CCC(O)CCCC1CO1. The van der Waals surface area contributed by atoms with Gasteiger partial charge in [-0.15, -0.1) is 0 Å². The molecule has 0 bridgehead atoms. The third-order valence-electron chi connectivity index (χ3n) is 1.94. The molecule has 0 aliphatic carbocycles. The first kappa shape index (κ1) is 8.02. The fourth-order valence-electron chi connectivity index (χ4n) is 1.02. The Morgan fingerprint density at radius 2 is 2.40 bits per heavy atom. The van der Waals surface area contributed by atoms with Gasteiger partial charge in [0.1, 0.15) is 0 Å². The molecule has 2 unspecified atom stereocenters. The van der Waals surface area contributed by atoms with Crippen LogP contribution in [0.5, 0.6) is 0 Å². The molecular weight excluding hydrogens is 128 g/mol. The van der Waals surface area contributed by atoms with Gasteiger partial charge in [-0.3, -0.25) is 0 Å². The smallest absolute Gasteiger partial charge is 0.0810 e. The van der Waals surface area contributed by atoms with Crippen molar-refractivity contribution in [2.24, 2.45) is 0 Å². The summed E-state index contributed by atoms with van der Waals surface area (Å²) in [5.41, 5.74) is 0. The zero-order valence-corrected chi connectivity index (χ0v) is 6.55. The van der Waals surface area contributed by atoms with Crippen molar-refractivity contribution in [1.29, 1.82) is 0 Å². The van der Waals surface area contributed by atoms with E-state index in [9.17, 15) is 0 Å². The molecule has 1 saturated heterocycles. The minimum Gasteiger partial charge on any atom is -0.393 e. The number of hydrogen-bond acceptors (Lipinski definition) is 2. The molecule has 1 N–H and O–H groups in total. The second-order valence-electron chi connectivity index (χ2n) is 2.95. The number of hydrogen-bond donors (Lipinski definition) is 1. The van der Waals surface area contributed by atoms with Gasteiger partial charge in [-0.1, -0.05) is 6.92 Å². The van der Waals surface area contributed by atoms with Crippen molar-refractivity contribution in [3.05, 3.63) is 0 Å². The molecule has 10 heavy (non-hydrogen) atoms. The second kappa shape index (κ2) is 3.94. The molecule has 0 radical (unpaired) electrons. The predicted molar refractivity (Wildman–Crippen MR) is 39.9 cm³/mol. The lowest BCUT2D eigenvalue weighted by molar-refractivity contribution is 0.155. The van der Waals surface area contributed by atoms with Crippen LogP contribution < -0.4 is 0 Å². The average molecular weight is 144 g/mol. The van der Waals surface area contributed by atoms with Crippen LogP contribution in [-0.4, -0.2) is 23.9 Å². The highest BCUT2D eigenvalue weighted by Gasteiger charge is 2.21. The van der Waals surface area contributed by atoms with Crippen LogP contribution in [0.4, 0.5) is 0 Å². The number of aliphatic hydroxyl groups is 1. The van der Waals surface area contributed by atoms with E-state index in [4.69, 9.17) is 9.84 Å². The van der Waals surface area contributed by atoms with Gasteiger partial charge in [0.2, 0.25) is 0 Å². The van der Waals surface area contributed by atoms with Gasteiger partial charge in [-0.05, 0) is 25.7 Å². The highest BCUT2D eigenvalue weighted by atomic mass is 16.6. The molecule has 2 nitrogen and oxygen atoms in total. The Hall–Kier alpha value is -0.0800. The molecule has 1 heterocycles. The average Bonchev–Trinajstić information content (AvgIpc) is 2.71. The summed E-state index contributed by atoms with van der Waals surface area (Å²) >= 11 is 0. The molecular formula is C8H16O2. The normalized spacial score (nSPS) is 26.4. The predicted octanol–water partition coefficient (Wildman–Crippen LogP) is 1.33. The summed E-state index contributed by atoms with van der Waals surface area (Å²) in [6, 6.07) is 0. The molecule has 60 valence electrons. The molecule has 1 fully saturated rings. The largest absolute Gasteiger partial charge is 0.393 e. The zero-order valence-electron chi connectivity index (χ0n) is 6.55. The maximum absolute atomic E-state index is 9.15. The van der Waals surface area contributed by atoms with Crippen molar-refractivity contribution in [1.82, 2.24) is 0 Å². The van der Waals surface area contributed by atoms with Crippen molar-refractivity contribution in [2.45, 2.75) is 44.8 Å². The summed E-state index contributed by atoms with van der Waals surface area (Å²) in [4.78, 5) is 0. The molecule has 1 aliphatic rings. The Balaban J connectivity index is 1.83. The van der Waals surface area contributed by atoms with Crippen LogP contribution >= 0.6 is 0 Å². The summed E-state index contributed by atoms with van der Waals surface area (Å²) in [5, 5.41) is 9.15. The van der Waals surface area contributed by atoms with Crippen LogP contribution in [0.25, 0.3) is 0 Å². The zero-order chi connectivity index (χ0) is 7.40. The second-order valence-corrected chi connectivity index (χ2v) is 2.95. The first-order chi connectivity index (χ1) is 4.83. The summed E-state index contributed by atoms with van der Waals surface area (Å²) in [6.45, 7) is 2.96. The van der Waals surface area contributed by atoms with Crippen molar-refractivity contribution in [2.75, 3.05) is 6.61 Å². The Morgan fingerprint density at radius 3 is 2.90 bits per heavy atom. The van der Waals surface area contributed by atoms with Crippen LogP contribution in [0.2, 0.25) is 0 Å². The fraction of sp³-hybridized carbons (Fsp3) is 1.00. The van der Waals surface area contributed by atoms with Crippen molar-refractivity contribution >= 4 is 0 Å². The minimum atomic E-state index is -0.0845. The Labute approximate surface area is 62.2 Å². The third-order valence-corrected chi connectivity index (χ3v) is 1.94. The van der Waals surface area contributed by atoms with E-state index in [0.29, 0.717) is 6.10 Å². The van der Waals surface area contributed by atoms with E-state index >= 15 is 0 Å². The van der Waals surface area contributed by atoms with Gasteiger partial charge < -0.3 is 9.84 Å². The first-order valence-corrected chi connectivity index (χ1v) is 4.12. The van der Waals surface area contributed by atoms with E-state index in [2.05, 4.69) is 0 Å². The lowest BCUT2D eigenvalue weighted by atomic mass is 10.1. The van der Waals surface area contributed by atoms with E-state index < -0.39 is 0 Å². The van der Waals surface area contributed by atoms with E-state index in [1.165, 1.54) is 0 Å². The monoisotopic (exact) mass is 144 g/mol. The molecule has 1 aliphatic heterocycles. The van der Waals surface area contributed by atoms with Gasteiger partial charge in [-0.25, -0.2) is 0 Å². The van der Waals surface area contributed by atoms with Gasteiger partial charge in [0.25, 0.3) is 0 Å². The molecule has 0 amide bonds. The summed E-state index contributed by atoms with van der Waals surface area (Å²) in [6.07, 6.45) is 4.52. The van der Waals surface area contributed by atoms with E-state index in [-0.39, 0.29) is 6.10 Å². The van der Waals surface area contributed by atoms with E-state index in [1.807, 2.05) is 6.92 Å². The minimum absolute atomic E-state index is 0.0845. The summed E-state index contributed by atoms with van der Waals surface area (Å²) in [5.74, 6) is 0. The summed E-state index contributed by atoms with van der Waals surface area (Å²) < 4.78 is 5.04. The van der Waals surface area contributed by atoms with Gasteiger partial charge in [0, 0.05) is 0 Å². The molecule has 0 saturated carbocycles. The molecule has 0 spiro atoms. The highest BCUT2D eigenvalue weighted by molar-refractivity contribution is 4.69. The van der Waals surface area contributed by atoms with E-state index in [1.54, 1.807) is 0 Å². The number of aliphatic hydroxyl groups excluding tert-OH is 1.